The van der Waals surface area contributed by atoms with Crippen LogP contribution in [-0.4, -0.2) is 37.9 Å². The fourth-order valence-corrected chi connectivity index (χ4v) is 1.09. The maximum Gasteiger partial charge on any atom is 0.307 e. The number of esters is 1. The molecular weight excluding hydrogens is 194 g/mol. The van der Waals surface area contributed by atoms with Gasteiger partial charge in [0.25, 0.3) is 0 Å². The van der Waals surface area contributed by atoms with E-state index in [1.165, 1.54) is 0 Å². The number of carbonyl (C=O) groups is 1. The zero-order valence-electron chi connectivity index (χ0n) is 10.4. The van der Waals surface area contributed by atoms with Gasteiger partial charge in [0.1, 0.15) is 6.10 Å². The van der Waals surface area contributed by atoms with Gasteiger partial charge in [-0.3, -0.25) is 4.79 Å². The van der Waals surface area contributed by atoms with Crippen LogP contribution in [0.1, 0.15) is 34.1 Å². The van der Waals surface area contributed by atoms with Crippen LogP contribution in [0.4, 0.5) is 0 Å². The van der Waals surface area contributed by atoms with Gasteiger partial charge in [-0.1, -0.05) is 0 Å². The number of hydrogen-bond donors (Lipinski definition) is 1. The summed E-state index contributed by atoms with van der Waals surface area (Å²) in [5.41, 5.74) is 0.0401. The monoisotopic (exact) mass is 217 g/mol. The first-order chi connectivity index (χ1) is 6.85. The van der Waals surface area contributed by atoms with Crippen LogP contribution in [0.25, 0.3) is 0 Å². The van der Waals surface area contributed by atoms with Gasteiger partial charge in [0.2, 0.25) is 0 Å². The Labute approximate surface area is 92.3 Å². The number of hydrogen-bond acceptors (Lipinski definition) is 4. The average molecular weight is 217 g/mol. The van der Waals surface area contributed by atoms with Crippen LogP contribution in [0.15, 0.2) is 0 Å². The molecule has 0 bridgehead atoms. The molecule has 0 saturated carbocycles. The molecule has 0 fully saturated rings. The van der Waals surface area contributed by atoms with Gasteiger partial charge in [0.15, 0.2) is 0 Å². The minimum absolute atomic E-state index is 0.0401. The van der Waals surface area contributed by atoms with E-state index in [2.05, 4.69) is 26.1 Å². The van der Waals surface area contributed by atoms with Crippen molar-refractivity contribution in [3.05, 3.63) is 0 Å². The van der Waals surface area contributed by atoms with E-state index in [9.17, 15) is 4.79 Å². The summed E-state index contributed by atoms with van der Waals surface area (Å²) in [5.74, 6) is -0.184. The van der Waals surface area contributed by atoms with Gasteiger partial charge in [0.05, 0.1) is 13.0 Å². The zero-order valence-corrected chi connectivity index (χ0v) is 10.4. The molecule has 1 unspecified atom stereocenters. The highest BCUT2D eigenvalue weighted by Gasteiger charge is 2.12. The van der Waals surface area contributed by atoms with Crippen molar-refractivity contribution >= 4 is 5.97 Å². The summed E-state index contributed by atoms with van der Waals surface area (Å²) in [7, 11) is 1.59. The van der Waals surface area contributed by atoms with Crippen molar-refractivity contribution in [2.75, 3.05) is 20.3 Å². The van der Waals surface area contributed by atoms with E-state index in [4.69, 9.17) is 9.47 Å². The molecule has 90 valence electrons. The lowest BCUT2D eigenvalue weighted by molar-refractivity contribution is -0.150. The maximum absolute atomic E-state index is 11.3. The predicted octanol–water partition coefficient (Wildman–Crippen LogP) is 1.34. The summed E-state index contributed by atoms with van der Waals surface area (Å²) >= 11 is 0. The fourth-order valence-electron chi connectivity index (χ4n) is 1.09. The largest absolute Gasteiger partial charge is 0.460 e. The zero-order chi connectivity index (χ0) is 11.9. The first kappa shape index (κ1) is 14.4. The van der Waals surface area contributed by atoms with Crippen LogP contribution in [-0.2, 0) is 14.3 Å². The van der Waals surface area contributed by atoms with E-state index < -0.39 is 0 Å². The van der Waals surface area contributed by atoms with Crippen molar-refractivity contribution in [3.63, 3.8) is 0 Å². The molecule has 1 N–H and O–H groups in total. The van der Waals surface area contributed by atoms with Gasteiger partial charge in [-0.15, -0.1) is 0 Å². The Balaban J connectivity index is 3.58. The van der Waals surface area contributed by atoms with Crippen LogP contribution in [0.3, 0.4) is 0 Å². The van der Waals surface area contributed by atoms with E-state index in [0.717, 1.165) is 0 Å². The maximum atomic E-state index is 11.3. The second kappa shape index (κ2) is 6.80. The summed E-state index contributed by atoms with van der Waals surface area (Å²) in [5, 5.41) is 3.23. The Hall–Kier alpha value is -0.610. The lowest BCUT2D eigenvalue weighted by Crippen LogP contribution is -2.37. The molecule has 0 aliphatic carbocycles. The minimum Gasteiger partial charge on any atom is -0.460 e. The number of carbonyl (C=O) groups excluding carboxylic acids is 1. The average Bonchev–Trinajstić information content (AvgIpc) is 2.01. The van der Waals surface area contributed by atoms with Crippen LogP contribution in [0.5, 0.6) is 0 Å². The molecule has 1 atom stereocenters. The number of methoxy groups -OCH3 is 1. The van der Waals surface area contributed by atoms with Gasteiger partial charge in [-0.2, -0.15) is 0 Å². The molecule has 0 aromatic rings. The topological polar surface area (TPSA) is 47.6 Å². The molecule has 4 nitrogen and oxygen atoms in total. The van der Waals surface area contributed by atoms with Crippen molar-refractivity contribution < 1.29 is 14.3 Å². The number of ether oxygens (including phenoxy) is 2. The van der Waals surface area contributed by atoms with Gasteiger partial charge < -0.3 is 14.8 Å². The molecule has 0 saturated heterocycles. The summed E-state index contributed by atoms with van der Waals surface area (Å²) < 4.78 is 9.97. The van der Waals surface area contributed by atoms with E-state index in [1.54, 1.807) is 7.11 Å². The van der Waals surface area contributed by atoms with Crippen LogP contribution in [0, 0.1) is 0 Å². The van der Waals surface area contributed by atoms with Gasteiger partial charge >= 0.3 is 5.97 Å². The molecule has 0 rings (SSSR count). The molecule has 0 heterocycles. The summed E-state index contributed by atoms with van der Waals surface area (Å²) in [6.07, 6.45) is 0.225. The Bertz CT molecular complexity index is 187. The van der Waals surface area contributed by atoms with E-state index in [-0.39, 0.29) is 17.6 Å². The van der Waals surface area contributed by atoms with Crippen molar-refractivity contribution in [1.29, 1.82) is 0 Å². The van der Waals surface area contributed by atoms with Gasteiger partial charge in [0, 0.05) is 19.2 Å². The first-order valence-corrected chi connectivity index (χ1v) is 5.28. The predicted molar refractivity (Wildman–Crippen MR) is 59.8 cm³/mol. The smallest absolute Gasteiger partial charge is 0.307 e. The third-order valence-electron chi connectivity index (χ3n) is 1.72. The first-order valence-electron chi connectivity index (χ1n) is 5.28. The van der Waals surface area contributed by atoms with E-state index >= 15 is 0 Å². The third kappa shape index (κ3) is 9.69. The Morgan fingerprint density at radius 1 is 1.40 bits per heavy atom. The van der Waals surface area contributed by atoms with E-state index in [0.29, 0.717) is 19.6 Å². The molecule has 0 aromatic carbocycles. The lowest BCUT2D eigenvalue weighted by Gasteiger charge is -2.20. The Kier molecular flexibility index (Phi) is 6.52. The van der Waals surface area contributed by atoms with Gasteiger partial charge in [-0.05, 0) is 27.7 Å². The second-order valence-electron chi connectivity index (χ2n) is 4.68. The van der Waals surface area contributed by atoms with Crippen molar-refractivity contribution in [2.45, 2.75) is 45.8 Å². The molecule has 0 aliphatic heterocycles. The molecule has 0 spiro atoms. The molecular formula is C11H23NO3. The fraction of sp³-hybridized carbons (Fsp3) is 0.909. The molecule has 0 radical (unpaired) electrons. The summed E-state index contributed by atoms with van der Waals surface area (Å²) in [4.78, 5) is 11.3. The molecule has 4 heteroatoms. The van der Waals surface area contributed by atoms with Gasteiger partial charge in [-0.25, -0.2) is 0 Å². The van der Waals surface area contributed by atoms with Crippen molar-refractivity contribution in [2.24, 2.45) is 0 Å². The minimum atomic E-state index is -0.184. The summed E-state index contributed by atoms with van der Waals surface area (Å²) in [6, 6.07) is 0. The quantitative estimate of drug-likeness (QED) is 0.682. The third-order valence-corrected chi connectivity index (χ3v) is 1.72. The lowest BCUT2D eigenvalue weighted by atomic mass is 10.1. The number of nitrogens with one attached hydrogen (secondary N) is 1. The van der Waals surface area contributed by atoms with Crippen molar-refractivity contribution in [3.8, 4) is 0 Å². The highest BCUT2D eigenvalue weighted by atomic mass is 16.6. The molecule has 15 heavy (non-hydrogen) atoms. The highest BCUT2D eigenvalue weighted by Crippen LogP contribution is 1.99. The molecule has 0 aliphatic rings. The van der Waals surface area contributed by atoms with Crippen LogP contribution >= 0.6 is 0 Å². The van der Waals surface area contributed by atoms with E-state index in [1.807, 2.05) is 6.92 Å². The molecule has 0 aromatic heterocycles. The summed E-state index contributed by atoms with van der Waals surface area (Å²) in [6.45, 7) is 9.09. The Morgan fingerprint density at radius 3 is 2.47 bits per heavy atom. The van der Waals surface area contributed by atoms with Crippen LogP contribution in [0.2, 0.25) is 0 Å². The standard InChI is InChI=1S/C11H23NO3/c1-9(8-14-5)15-10(13)6-7-12-11(2,3)4/h9,12H,6-8H2,1-5H3. The van der Waals surface area contributed by atoms with Crippen LogP contribution < -0.4 is 5.32 Å². The highest BCUT2D eigenvalue weighted by molar-refractivity contribution is 5.69. The normalized spacial score (nSPS) is 13.7. The van der Waals surface area contributed by atoms with Crippen molar-refractivity contribution in [1.82, 2.24) is 5.32 Å². The second-order valence-corrected chi connectivity index (χ2v) is 4.68. The SMILES string of the molecule is COCC(C)OC(=O)CCNC(C)(C)C. The Morgan fingerprint density at radius 2 is 2.00 bits per heavy atom. The molecule has 0 amide bonds. The number of rotatable bonds is 6.